The number of Topliss-reactive ketones (excluding diaryl/α,β-unsaturated/α-hetero) is 2. The number of ether oxygens (including phenoxy) is 3. The molecule has 14 heteroatoms. The lowest BCUT2D eigenvalue weighted by Gasteiger charge is -2.51. The van der Waals surface area contributed by atoms with E-state index in [0.717, 1.165) is 61.0 Å². The van der Waals surface area contributed by atoms with E-state index in [2.05, 4.69) is 15.5 Å². The molecule has 2 saturated heterocycles. The van der Waals surface area contributed by atoms with Crippen LogP contribution in [0.15, 0.2) is 41.3 Å². The number of urea groups is 1. The zero-order valence-corrected chi connectivity index (χ0v) is 32.2. The first-order valence-corrected chi connectivity index (χ1v) is 19.3. The summed E-state index contributed by atoms with van der Waals surface area (Å²) in [6.45, 7) is 3.20. The maximum Gasteiger partial charge on any atom is 0.317 e. The van der Waals surface area contributed by atoms with Gasteiger partial charge in [0.1, 0.15) is 17.2 Å². The van der Waals surface area contributed by atoms with Crippen molar-refractivity contribution >= 4 is 29.4 Å². The van der Waals surface area contributed by atoms with Crippen molar-refractivity contribution in [1.29, 1.82) is 0 Å². The molecular formula is C42H47N5O9. The number of nitrogens with zero attached hydrogens (tertiary/aromatic N) is 3. The average molecular weight is 766 g/mol. The molecular weight excluding hydrogens is 718 g/mol. The number of carbonyl (C=O) groups excluding carboxylic acids is 5. The first kappa shape index (κ1) is 37.4. The Balaban J connectivity index is 0.905. The molecule has 5 aliphatic rings. The summed E-state index contributed by atoms with van der Waals surface area (Å²) in [7, 11) is 6.63. The third-order valence-electron chi connectivity index (χ3n) is 12.7. The number of aryl methyl sites for hydroxylation is 1. The smallest absolute Gasteiger partial charge is 0.317 e. The molecule has 2 N–H and O–H groups in total. The normalized spacial score (nSPS) is 22.0. The van der Waals surface area contributed by atoms with Crippen molar-refractivity contribution in [2.75, 3.05) is 40.9 Å². The van der Waals surface area contributed by atoms with E-state index in [0.29, 0.717) is 47.9 Å². The number of carbonyl (C=O) groups is 5. The summed E-state index contributed by atoms with van der Waals surface area (Å²) in [5.41, 5.74) is 4.96. The minimum atomic E-state index is -1.10. The molecule has 2 aromatic carbocycles. The highest BCUT2D eigenvalue weighted by Crippen LogP contribution is 2.51. The summed E-state index contributed by atoms with van der Waals surface area (Å²) < 4.78 is 19.8. The Bertz CT molecular complexity index is 2190. The fourth-order valence-corrected chi connectivity index (χ4v) is 9.54. The fourth-order valence-electron chi connectivity index (χ4n) is 9.54. The van der Waals surface area contributed by atoms with Crippen LogP contribution < -0.4 is 30.4 Å². The van der Waals surface area contributed by atoms with E-state index in [4.69, 9.17) is 14.2 Å². The van der Waals surface area contributed by atoms with E-state index in [9.17, 15) is 28.8 Å². The van der Waals surface area contributed by atoms with Gasteiger partial charge in [-0.3, -0.25) is 34.2 Å². The lowest BCUT2D eigenvalue weighted by atomic mass is 9.61. The van der Waals surface area contributed by atoms with Gasteiger partial charge in [0, 0.05) is 62.1 Å². The van der Waals surface area contributed by atoms with Crippen LogP contribution in [-0.2, 0) is 36.1 Å². The largest absolute Gasteiger partial charge is 0.496 e. The summed E-state index contributed by atoms with van der Waals surface area (Å²) in [5, 5.41) is 4.92. The summed E-state index contributed by atoms with van der Waals surface area (Å²) in [4.78, 5) is 80.2. The van der Waals surface area contributed by atoms with Gasteiger partial charge in [-0.25, -0.2) is 4.79 Å². The number of nitrogens with one attached hydrogen (secondary N) is 2. The monoisotopic (exact) mass is 765 g/mol. The van der Waals surface area contributed by atoms with Gasteiger partial charge in [0.05, 0.1) is 44.3 Å². The van der Waals surface area contributed by atoms with Crippen molar-refractivity contribution < 1.29 is 38.2 Å². The van der Waals surface area contributed by atoms with Crippen LogP contribution in [0, 0.1) is 17.3 Å². The number of pyridine rings is 1. The highest BCUT2D eigenvalue weighted by molar-refractivity contribution is 6.28. The van der Waals surface area contributed by atoms with Crippen molar-refractivity contribution in [1.82, 2.24) is 25.0 Å². The number of amides is 4. The standard InChI is InChI=1S/C42H47N5O9/c1-43-41(53)47-12-9-26-30(20-45(2)40(52)31(26)22-47)23-15-33(54-3)32(34(16-23)55-4)21-46-13-10-42(11-14-46)18-25(19-42)56-24-5-6-27-29(17-24)38(50)36(37(27)49)28-7-8-35(48)44-39(28)51/h5-6,15-17,20,25,28,36H,7-14,18-19,21-22H2,1-4H3,(H,43,53)(H,44,48,51). The molecule has 8 rings (SSSR count). The van der Waals surface area contributed by atoms with Gasteiger partial charge in [0.2, 0.25) is 11.8 Å². The molecule has 2 aliphatic carbocycles. The first-order valence-electron chi connectivity index (χ1n) is 19.3. The molecule has 1 spiro atoms. The lowest BCUT2D eigenvalue weighted by molar-refractivity contribution is -0.137. The number of methoxy groups -OCH3 is 2. The average Bonchev–Trinajstić information content (AvgIpc) is 3.43. The predicted octanol–water partition coefficient (Wildman–Crippen LogP) is 3.64. The molecule has 2 unspecified atom stereocenters. The molecule has 14 nitrogen and oxygen atoms in total. The number of aromatic nitrogens is 1. The summed E-state index contributed by atoms with van der Waals surface area (Å²) >= 11 is 0. The lowest BCUT2D eigenvalue weighted by Crippen LogP contribution is -2.50. The Morgan fingerprint density at radius 1 is 0.893 bits per heavy atom. The number of hydrogen-bond donors (Lipinski definition) is 2. The summed E-state index contributed by atoms with van der Waals surface area (Å²) in [5.74, 6) is -1.68. The molecule has 1 aromatic heterocycles. The van der Waals surface area contributed by atoms with Gasteiger partial charge in [-0.15, -0.1) is 0 Å². The van der Waals surface area contributed by atoms with Gasteiger partial charge in [-0.1, -0.05) is 0 Å². The molecule has 3 aliphatic heterocycles. The Morgan fingerprint density at radius 2 is 1.59 bits per heavy atom. The summed E-state index contributed by atoms with van der Waals surface area (Å²) in [6, 6.07) is 8.80. The quantitative estimate of drug-likeness (QED) is 0.256. The van der Waals surface area contributed by atoms with Crippen LogP contribution in [0.1, 0.15) is 75.9 Å². The number of rotatable bonds is 8. The molecule has 3 aromatic rings. The molecule has 294 valence electrons. The second kappa shape index (κ2) is 14.5. The number of imide groups is 1. The maximum absolute atomic E-state index is 13.3. The van der Waals surface area contributed by atoms with Crippen molar-refractivity contribution in [3.63, 3.8) is 0 Å². The van der Waals surface area contributed by atoms with E-state index in [1.54, 1.807) is 56.0 Å². The molecule has 2 atom stereocenters. The number of piperidine rings is 2. The zero-order valence-electron chi connectivity index (χ0n) is 32.2. The molecule has 56 heavy (non-hydrogen) atoms. The van der Waals surface area contributed by atoms with E-state index in [-0.39, 0.29) is 65.5 Å². The number of hydrogen-bond acceptors (Lipinski definition) is 10. The molecule has 3 fully saturated rings. The Hall–Kier alpha value is -5.50. The summed E-state index contributed by atoms with van der Waals surface area (Å²) in [6.07, 6.45) is 6.53. The van der Waals surface area contributed by atoms with Gasteiger partial charge in [0.15, 0.2) is 11.6 Å². The Labute approximate surface area is 324 Å². The molecule has 1 saturated carbocycles. The molecule has 4 heterocycles. The zero-order chi connectivity index (χ0) is 39.5. The number of ketones is 2. The maximum atomic E-state index is 13.3. The van der Waals surface area contributed by atoms with Gasteiger partial charge in [0.25, 0.3) is 5.56 Å². The second-order valence-corrected chi connectivity index (χ2v) is 15.9. The highest BCUT2D eigenvalue weighted by Gasteiger charge is 2.49. The SMILES string of the molecule is CNC(=O)N1CCc2c(-c3cc(OC)c(CN4CCC5(CC4)CC(Oc4ccc6c(c4)C(=O)C(C4CCC(=O)NC4=O)C6=O)C5)c(OC)c3)cn(C)c(=O)c2C1. The van der Waals surface area contributed by atoms with Crippen LogP contribution in [0.25, 0.3) is 11.1 Å². The number of fused-ring (bicyclic) bond motifs is 2. The van der Waals surface area contributed by atoms with Crippen LogP contribution in [-0.4, -0.2) is 90.8 Å². The van der Waals surface area contributed by atoms with Crippen molar-refractivity contribution in [2.45, 2.75) is 64.1 Å². The Morgan fingerprint density at radius 3 is 2.25 bits per heavy atom. The number of likely N-dealkylation sites (tertiary alicyclic amines) is 1. The fraction of sp³-hybridized carbons (Fsp3) is 0.476. The third kappa shape index (κ3) is 6.53. The van der Waals surface area contributed by atoms with Crippen LogP contribution in [0.4, 0.5) is 4.79 Å². The Kier molecular flexibility index (Phi) is 9.71. The van der Waals surface area contributed by atoms with Gasteiger partial charge in [-0.2, -0.15) is 0 Å². The minimum absolute atomic E-state index is 0.000527. The van der Waals surface area contributed by atoms with Gasteiger partial charge >= 0.3 is 6.03 Å². The van der Waals surface area contributed by atoms with Crippen LogP contribution >= 0.6 is 0 Å². The first-order chi connectivity index (χ1) is 26.9. The molecule has 4 amide bonds. The highest BCUT2D eigenvalue weighted by atomic mass is 16.5. The molecule has 0 bridgehead atoms. The molecule has 0 radical (unpaired) electrons. The second-order valence-electron chi connectivity index (χ2n) is 15.9. The number of benzene rings is 2. The van der Waals surface area contributed by atoms with Crippen molar-refractivity contribution in [3.05, 3.63) is 74.7 Å². The van der Waals surface area contributed by atoms with E-state index >= 15 is 0 Å². The van der Waals surface area contributed by atoms with Crippen LogP contribution in [0.2, 0.25) is 0 Å². The van der Waals surface area contributed by atoms with E-state index in [1.807, 2.05) is 18.3 Å². The van der Waals surface area contributed by atoms with Crippen molar-refractivity contribution in [3.8, 4) is 28.4 Å². The van der Waals surface area contributed by atoms with Crippen LogP contribution in [0.3, 0.4) is 0 Å². The third-order valence-corrected chi connectivity index (χ3v) is 12.7. The predicted molar refractivity (Wildman–Crippen MR) is 204 cm³/mol. The van der Waals surface area contributed by atoms with Crippen molar-refractivity contribution in [2.24, 2.45) is 24.3 Å². The van der Waals surface area contributed by atoms with Crippen LogP contribution in [0.5, 0.6) is 17.2 Å². The van der Waals surface area contributed by atoms with Gasteiger partial charge < -0.3 is 29.0 Å². The van der Waals surface area contributed by atoms with E-state index in [1.165, 1.54) is 0 Å². The van der Waals surface area contributed by atoms with E-state index < -0.39 is 17.7 Å². The minimum Gasteiger partial charge on any atom is -0.496 e. The van der Waals surface area contributed by atoms with Gasteiger partial charge in [-0.05, 0) is 98.5 Å². The topological polar surface area (TPSA) is 166 Å².